The molecule has 0 aromatic heterocycles. The predicted octanol–water partition coefficient (Wildman–Crippen LogP) is 3.29. The first-order valence-electron chi connectivity index (χ1n) is 10.8. The first-order valence-corrected chi connectivity index (χ1v) is 10.8. The van der Waals surface area contributed by atoms with Crippen LogP contribution in [-0.4, -0.2) is 59.5 Å². The molecule has 6 atom stereocenters. The van der Waals surface area contributed by atoms with Crippen molar-refractivity contribution < 1.29 is 19.7 Å². The number of nitrogens with zero attached hydrogens (tertiary/aromatic N) is 1. The lowest BCUT2D eigenvalue weighted by Gasteiger charge is -2.18. The van der Waals surface area contributed by atoms with Gasteiger partial charge in [0.2, 0.25) is 5.91 Å². The van der Waals surface area contributed by atoms with Gasteiger partial charge in [-0.1, -0.05) is 44.8 Å². The van der Waals surface area contributed by atoms with Crippen LogP contribution in [0.3, 0.4) is 0 Å². The van der Waals surface area contributed by atoms with Crippen LogP contribution in [0.5, 0.6) is 0 Å². The van der Waals surface area contributed by atoms with Crippen LogP contribution in [0.25, 0.3) is 0 Å². The van der Waals surface area contributed by atoms with E-state index in [0.29, 0.717) is 18.8 Å². The maximum Gasteiger partial charge on any atom is 0.222 e. The van der Waals surface area contributed by atoms with Crippen LogP contribution in [-0.2, 0) is 9.53 Å². The highest BCUT2D eigenvalue weighted by atomic mass is 16.5. The Kier molecular flexibility index (Phi) is 9.27. The molecule has 2 N–H and O–H groups in total. The number of fused-ring (bicyclic) bond motifs is 1. The first kappa shape index (κ1) is 22.4. The second-order valence-electron chi connectivity index (χ2n) is 8.56. The first-order chi connectivity index (χ1) is 12.9. The number of ether oxygens (including phenoxy) is 1. The summed E-state index contributed by atoms with van der Waals surface area (Å²) in [6.07, 6.45) is 12.8. The van der Waals surface area contributed by atoms with Gasteiger partial charge in [-0.25, -0.2) is 0 Å². The van der Waals surface area contributed by atoms with E-state index >= 15 is 0 Å². The van der Waals surface area contributed by atoms with Crippen molar-refractivity contribution in [2.75, 3.05) is 14.1 Å². The Morgan fingerprint density at radius 3 is 2.70 bits per heavy atom. The number of amides is 1. The van der Waals surface area contributed by atoms with Crippen LogP contribution in [0.1, 0.15) is 71.1 Å². The van der Waals surface area contributed by atoms with E-state index in [1.807, 2.05) is 12.2 Å². The molecule has 5 heteroatoms. The Labute approximate surface area is 164 Å². The molecular weight excluding hydrogens is 342 g/mol. The fraction of sp³-hybridized carbons (Fsp3) is 0.864. The molecule has 2 rings (SSSR count). The van der Waals surface area contributed by atoms with E-state index < -0.39 is 6.10 Å². The van der Waals surface area contributed by atoms with Crippen LogP contribution < -0.4 is 0 Å². The average molecular weight is 382 g/mol. The molecule has 1 saturated heterocycles. The van der Waals surface area contributed by atoms with E-state index in [1.54, 1.807) is 19.0 Å². The van der Waals surface area contributed by atoms with Gasteiger partial charge in [-0.05, 0) is 31.6 Å². The molecule has 2 aliphatic rings. The van der Waals surface area contributed by atoms with E-state index in [0.717, 1.165) is 51.4 Å². The molecule has 5 nitrogen and oxygen atoms in total. The quantitative estimate of drug-likeness (QED) is 0.426. The fourth-order valence-corrected chi connectivity index (χ4v) is 4.46. The molecule has 27 heavy (non-hydrogen) atoms. The summed E-state index contributed by atoms with van der Waals surface area (Å²) in [4.78, 5) is 13.3. The van der Waals surface area contributed by atoms with E-state index in [2.05, 4.69) is 6.92 Å². The maximum atomic E-state index is 11.6. The summed E-state index contributed by atoms with van der Waals surface area (Å²) in [6, 6.07) is 0. The second kappa shape index (κ2) is 11.2. The molecule has 1 heterocycles. The monoisotopic (exact) mass is 381 g/mol. The molecule has 0 aromatic carbocycles. The minimum Gasteiger partial charge on any atom is -0.392 e. The van der Waals surface area contributed by atoms with Crippen LogP contribution >= 0.6 is 0 Å². The summed E-state index contributed by atoms with van der Waals surface area (Å²) in [5.74, 6) is 0.633. The maximum absolute atomic E-state index is 11.6. The molecule has 0 bridgehead atoms. The highest BCUT2D eigenvalue weighted by molar-refractivity contribution is 5.75. The Morgan fingerprint density at radius 1 is 1.22 bits per heavy atom. The third-order valence-corrected chi connectivity index (χ3v) is 6.12. The van der Waals surface area contributed by atoms with Gasteiger partial charge in [0.1, 0.15) is 0 Å². The van der Waals surface area contributed by atoms with Crippen molar-refractivity contribution in [3.63, 3.8) is 0 Å². The van der Waals surface area contributed by atoms with Gasteiger partial charge in [0, 0.05) is 32.9 Å². The van der Waals surface area contributed by atoms with E-state index in [9.17, 15) is 15.0 Å². The predicted molar refractivity (Wildman–Crippen MR) is 107 cm³/mol. The van der Waals surface area contributed by atoms with Gasteiger partial charge in [0.15, 0.2) is 0 Å². The Bertz CT molecular complexity index is 479. The second-order valence-corrected chi connectivity index (χ2v) is 8.56. The van der Waals surface area contributed by atoms with Crippen LogP contribution in [0, 0.1) is 11.8 Å². The normalized spacial score (nSPS) is 31.4. The summed E-state index contributed by atoms with van der Waals surface area (Å²) >= 11 is 0. The van der Waals surface area contributed by atoms with Gasteiger partial charge < -0.3 is 19.8 Å². The molecule has 0 spiro atoms. The molecule has 0 radical (unpaired) electrons. The van der Waals surface area contributed by atoms with Gasteiger partial charge in [0.25, 0.3) is 0 Å². The third-order valence-electron chi connectivity index (χ3n) is 6.12. The topological polar surface area (TPSA) is 70.0 Å². The van der Waals surface area contributed by atoms with Crippen molar-refractivity contribution in [3.8, 4) is 0 Å². The molecular formula is C22H39NO4. The molecule has 0 aromatic rings. The Hall–Kier alpha value is -0.910. The SMILES string of the molecule is CCCCC[C@H](O)/C=C/[C@@H]1[C@H]2C[C@H](CCCCC(=O)N(C)C)O[C@H]2C[C@H]1O. The lowest BCUT2D eigenvalue weighted by atomic mass is 9.89. The number of carbonyl (C=O) groups is 1. The summed E-state index contributed by atoms with van der Waals surface area (Å²) in [5.41, 5.74) is 0. The standard InChI is InChI=1S/C22H39NO4/c1-4-5-6-9-16(24)12-13-18-19-14-17(27-21(19)15-20(18)25)10-7-8-11-22(26)23(2)3/h12-13,16-21,24-25H,4-11,14-15H2,1-3H3/b13-12+/t16-,17-,18+,19+,20+,21-/m0/s1. The number of hydrogen-bond donors (Lipinski definition) is 2. The number of carbonyl (C=O) groups excluding carboxylic acids is 1. The summed E-state index contributed by atoms with van der Waals surface area (Å²) in [7, 11) is 3.59. The van der Waals surface area contributed by atoms with Crippen molar-refractivity contribution in [2.24, 2.45) is 11.8 Å². The highest BCUT2D eigenvalue weighted by Crippen LogP contribution is 2.45. The zero-order valence-electron chi connectivity index (χ0n) is 17.3. The molecule has 2 fully saturated rings. The van der Waals surface area contributed by atoms with Gasteiger partial charge in [0.05, 0.1) is 24.4 Å². The molecule has 1 amide bonds. The van der Waals surface area contributed by atoms with Crippen molar-refractivity contribution in [1.82, 2.24) is 4.90 Å². The minimum absolute atomic E-state index is 0.0937. The largest absolute Gasteiger partial charge is 0.392 e. The molecule has 1 saturated carbocycles. The number of aliphatic hydroxyl groups excluding tert-OH is 2. The number of aliphatic hydroxyl groups is 2. The summed E-state index contributed by atoms with van der Waals surface area (Å²) in [5, 5.41) is 20.5. The lowest BCUT2D eigenvalue weighted by molar-refractivity contribution is -0.128. The zero-order chi connectivity index (χ0) is 19.8. The average Bonchev–Trinajstić information content (AvgIpc) is 3.13. The van der Waals surface area contributed by atoms with E-state index in [-0.39, 0.29) is 30.1 Å². The van der Waals surface area contributed by atoms with E-state index in [4.69, 9.17) is 4.74 Å². The van der Waals surface area contributed by atoms with Gasteiger partial charge >= 0.3 is 0 Å². The Balaban J connectivity index is 1.73. The van der Waals surface area contributed by atoms with Gasteiger partial charge in [-0.15, -0.1) is 0 Å². The van der Waals surface area contributed by atoms with E-state index in [1.165, 1.54) is 0 Å². The third kappa shape index (κ3) is 6.88. The number of hydrogen-bond acceptors (Lipinski definition) is 4. The minimum atomic E-state index is -0.407. The Morgan fingerprint density at radius 2 is 2.00 bits per heavy atom. The summed E-state index contributed by atoms with van der Waals surface area (Å²) < 4.78 is 6.18. The fourth-order valence-electron chi connectivity index (χ4n) is 4.46. The molecule has 1 aliphatic carbocycles. The molecule has 1 aliphatic heterocycles. The summed E-state index contributed by atoms with van der Waals surface area (Å²) in [6.45, 7) is 2.16. The van der Waals surface area contributed by atoms with Crippen molar-refractivity contribution in [2.45, 2.75) is 95.5 Å². The number of unbranched alkanes of at least 4 members (excludes halogenated alkanes) is 3. The van der Waals surface area contributed by atoms with Crippen LogP contribution in [0.15, 0.2) is 12.2 Å². The smallest absolute Gasteiger partial charge is 0.222 e. The van der Waals surface area contributed by atoms with Crippen molar-refractivity contribution in [3.05, 3.63) is 12.2 Å². The molecule has 156 valence electrons. The molecule has 0 unspecified atom stereocenters. The highest BCUT2D eigenvalue weighted by Gasteiger charge is 2.47. The van der Waals surface area contributed by atoms with Crippen LogP contribution in [0.2, 0.25) is 0 Å². The lowest BCUT2D eigenvalue weighted by Crippen LogP contribution is -2.21. The van der Waals surface area contributed by atoms with Crippen molar-refractivity contribution >= 4 is 5.91 Å². The van der Waals surface area contributed by atoms with Crippen LogP contribution in [0.4, 0.5) is 0 Å². The van der Waals surface area contributed by atoms with Crippen molar-refractivity contribution in [1.29, 1.82) is 0 Å². The number of rotatable bonds is 11. The zero-order valence-corrected chi connectivity index (χ0v) is 17.3. The van der Waals surface area contributed by atoms with Gasteiger partial charge in [-0.2, -0.15) is 0 Å². The van der Waals surface area contributed by atoms with Gasteiger partial charge in [-0.3, -0.25) is 4.79 Å².